The Morgan fingerprint density at radius 1 is 1.39 bits per heavy atom. The molecule has 0 bridgehead atoms. The molecule has 18 heavy (non-hydrogen) atoms. The minimum Gasteiger partial charge on any atom is -0.325 e. The highest BCUT2D eigenvalue weighted by atomic mass is 32.2. The first-order chi connectivity index (χ1) is 8.21. The van der Waals surface area contributed by atoms with Gasteiger partial charge in [0, 0.05) is 33.4 Å². The van der Waals surface area contributed by atoms with Gasteiger partial charge in [0.25, 0.3) is 0 Å². The molecule has 1 aromatic rings. The Kier molecular flexibility index (Phi) is 4.47. The maximum absolute atomic E-state index is 11.9. The predicted octanol–water partition coefficient (Wildman–Crippen LogP) is -0.0172. The van der Waals surface area contributed by atoms with Gasteiger partial charge in [-0.15, -0.1) is 0 Å². The van der Waals surface area contributed by atoms with Gasteiger partial charge in [0.2, 0.25) is 10.0 Å². The van der Waals surface area contributed by atoms with Gasteiger partial charge in [-0.25, -0.2) is 17.5 Å². The summed E-state index contributed by atoms with van der Waals surface area (Å²) in [5, 5.41) is 3.91. The molecule has 0 aliphatic carbocycles. The van der Waals surface area contributed by atoms with Crippen molar-refractivity contribution in [1.82, 2.24) is 19.0 Å². The lowest BCUT2D eigenvalue weighted by Gasteiger charge is -2.20. The Hall–Kier alpha value is -1.41. The lowest BCUT2D eigenvalue weighted by Crippen LogP contribution is -2.38. The molecule has 1 rings (SSSR count). The molecule has 0 radical (unpaired) electrons. The maximum atomic E-state index is 11.9. The van der Waals surface area contributed by atoms with Crippen LogP contribution in [0, 0.1) is 6.92 Å². The lowest BCUT2D eigenvalue weighted by molar-refractivity contribution is 0.205. The zero-order valence-electron chi connectivity index (χ0n) is 11.0. The zero-order valence-corrected chi connectivity index (χ0v) is 11.8. The summed E-state index contributed by atoms with van der Waals surface area (Å²) in [5.41, 5.74) is 0.894. The molecule has 1 aromatic heterocycles. The van der Waals surface area contributed by atoms with Crippen molar-refractivity contribution in [3.05, 3.63) is 18.0 Å². The first-order valence-corrected chi connectivity index (χ1v) is 7.24. The molecule has 0 fully saturated rings. The van der Waals surface area contributed by atoms with Crippen molar-refractivity contribution in [1.29, 1.82) is 0 Å². The second kappa shape index (κ2) is 5.49. The molecule has 0 spiro atoms. The Bertz CT molecular complexity index is 523. The smallest absolute Gasteiger partial charge is 0.325 e. The molecule has 0 aliphatic rings. The van der Waals surface area contributed by atoms with Crippen LogP contribution >= 0.6 is 0 Å². The second-order valence-corrected chi connectivity index (χ2v) is 6.34. The van der Waals surface area contributed by atoms with Crippen LogP contribution < -0.4 is 0 Å². The van der Waals surface area contributed by atoms with Gasteiger partial charge >= 0.3 is 6.03 Å². The number of carbonyl (C=O) groups excluding carboxylic acids is 1. The molecule has 1 heterocycles. The number of aromatic nitrogens is 2. The number of hydrogen-bond donors (Lipinski definition) is 0. The number of nitrogens with zero attached hydrogens (tertiary/aromatic N) is 4. The van der Waals surface area contributed by atoms with Crippen LogP contribution in [0.15, 0.2) is 12.4 Å². The van der Waals surface area contributed by atoms with Crippen molar-refractivity contribution in [2.24, 2.45) is 0 Å². The summed E-state index contributed by atoms with van der Waals surface area (Å²) < 4.78 is 24.8. The summed E-state index contributed by atoms with van der Waals surface area (Å²) in [6.07, 6.45) is 4.35. The van der Waals surface area contributed by atoms with Crippen molar-refractivity contribution in [3.63, 3.8) is 0 Å². The standard InChI is InChI=1S/C10H18N4O3S/c1-9-7-11-14(8-9)10(15)12(2)5-6-13(3)18(4,16)17/h7-8H,5-6H2,1-4H3. The molecule has 0 saturated carbocycles. The van der Waals surface area contributed by atoms with Gasteiger partial charge < -0.3 is 4.90 Å². The van der Waals surface area contributed by atoms with E-state index in [9.17, 15) is 13.2 Å². The number of hydrogen-bond acceptors (Lipinski definition) is 4. The van der Waals surface area contributed by atoms with Gasteiger partial charge in [-0.3, -0.25) is 0 Å². The molecule has 0 aliphatic heterocycles. The minimum atomic E-state index is -3.21. The van der Waals surface area contributed by atoms with Gasteiger partial charge in [-0.05, 0) is 12.5 Å². The SMILES string of the molecule is Cc1cnn(C(=O)N(C)CCN(C)S(C)(=O)=O)c1. The van der Waals surface area contributed by atoms with E-state index in [0.29, 0.717) is 6.54 Å². The van der Waals surface area contributed by atoms with Gasteiger partial charge in [-0.1, -0.05) is 0 Å². The number of amides is 1. The van der Waals surface area contributed by atoms with Crippen LogP contribution in [-0.2, 0) is 10.0 Å². The third-order valence-electron chi connectivity index (χ3n) is 2.55. The number of likely N-dealkylation sites (N-methyl/N-ethyl adjacent to an activating group) is 2. The first kappa shape index (κ1) is 14.7. The fraction of sp³-hybridized carbons (Fsp3) is 0.600. The monoisotopic (exact) mass is 274 g/mol. The molecule has 7 nitrogen and oxygen atoms in total. The Morgan fingerprint density at radius 3 is 2.44 bits per heavy atom. The lowest BCUT2D eigenvalue weighted by atomic mass is 10.4. The van der Waals surface area contributed by atoms with E-state index in [1.54, 1.807) is 19.4 Å². The summed E-state index contributed by atoms with van der Waals surface area (Å²) in [7, 11) is -0.127. The third-order valence-corrected chi connectivity index (χ3v) is 3.87. The average molecular weight is 274 g/mol. The van der Waals surface area contributed by atoms with Crippen LogP contribution in [-0.4, -0.2) is 66.9 Å². The molecule has 0 aromatic carbocycles. The van der Waals surface area contributed by atoms with Gasteiger partial charge in [0.15, 0.2) is 0 Å². The van der Waals surface area contributed by atoms with Crippen molar-refractivity contribution in [2.75, 3.05) is 33.4 Å². The highest BCUT2D eigenvalue weighted by molar-refractivity contribution is 7.88. The number of rotatable bonds is 4. The highest BCUT2D eigenvalue weighted by Crippen LogP contribution is 1.99. The first-order valence-electron chi connectivity index (χ1n) is 5.40. The Labute approximate surface area is 107 Å². The van der Waals surface area contributed by atoms with Crippen molar-refractivity contribution in [3.8, 4) is 0 Å². The number of sulfonamides is 1. The summed E-state index contributed by atoms with van der Waals surface area (Å²) >= 11 is 0. The minimum absolute atomic E-state index is 0.251. The molecule has 1 amide bonds. The van der Waals surface area contributed by atoms with E-state index in [0.717, 1.165) is 11.8 Å². The van der Waals surface area contributed by atoms with Crippen molar-refractivity contribution >= 4 is 16.1 Å². The highest BCUT2D eigenvalue weighted by Gasteiger charge is 2.15. The van der Waals surface area contributed by atoms with Crippen LogP contribution in [0.25, 0.3) is 0 Å². The molecule has 0 saturated heterocycles. The quantitative estimate of drug-likeness (QED) is 0.773. The number of aryl methyl sites for hydroxylation is 1. The largest absolute Gasteiger partial charge is 0.344 e. The summed E-state index contributed by atoms with van der Waals surface area (Å²) in [6, 6.07) is -0.287. The van der Waals surface area contributed by atoms with E-state index < -0.39 is 10.0 Å². The van der Waals surface area contributed by atoms with Crippen LogP contribution in [0.1, 0.15) is 5.56 Å². The van der Waals surface area contributed by atoms with Crippen molar-refractivity contribution in [2.45, 2.75) is 6.92 Å². The molecule has 8 heteroatoms. The van der Waals surface area contributed by atoms with E-state index in [4.69, 9.17) is 0 Å². The van der Waals surface area contributed by atoms with E-state index in [2.05, 4.69) is 5.10 Å². The predicted molar refractivity (Wildman–Crippen MR) is 67.9 cm³/mol. The van der Waals surface area contributed by atoms with Crippen LogP contribution in [0.5, 0.6) is 0 Å². The van der Waals surface area contributed by atoms with Crippen LogP contribution in [0.4, 0.5) is 4.79 Å². The average Bonchev–Trinajstić information content (AvgIpc) is 2.69. The summed E-state index contributed by atoms with van der Waals surface area (Å²) in [6.45, 7) is 2.40. The molecule has 0 unspecified atom stereocenters. The van der Waals surface area contributed by atoms with E-state index in [1.165, 1.54) is 20.9 Å². The molecular formula is C10H18N4O3S. The Morgan fingerprint density at radius 2 is 2.00 bits per heavy atom. The molecule has 0 N–H and O–H groups in total. The second-order valence-electron chi connectivity index (χ2n) is 4.25. The van der Waals surface area contributed by atoms with Gasteiger partial charge in [0.1, 0.15) is 0 Å². The third kappa shape index (κ3) is 3.81. The van der Waals surface area contributed by atoms with Crippen LogP contribution in [0.3, 0.4) is 0 Å². The van der Waals surface area contributed by atoms with E-state index in [-0.39, 0.29) is 12.6 Å². The molecule has 102 valence electrons. The maximum Gasteiger partial charge on any atom is 0.344 e. The Balaban J connectivity index is 2.56. The topological polar surface area (TPSA) is 75.5 Å². The molecule has 0 atom stereocenters. The number of carbonyl (C=O) groups is 1. The fourth-order valence-corrected chi connectivity index (χ4v) is 1.66. The summed E-state index contributed by atoms with van der Waals surface area (Å²) in [5.74, 6) is 0. The molecular weight excluding hydrogens is 256 g/mol. The van der Waals surface area contributed by atoms with Crippen molar-refractivity contribution < 1.29 is 13.2 Å². The fourth-order valence-electron chi connectivity index (χ4n) is 1.24. The summed E-state index contributed by atoms with van der Waals surface area (Å²) in [4.78, 5) is 13.3. The van der Waals surface area contributed by atoms with E-state index in [1.807, 2.05) is 6.92 Å². The van der Waals surface area contributed by atoms with Gasteiger partial charge in [0.05, 0.1) is 12.5 Å². The van der Waals surface area contributed by atoms with Crippen LogP contribution in [0.2, 0.25) is 0 Å². The van der Waals surface area contributed by atoms with E-state index >= 15 is 0 Å². The van der Waals surface area contributed by atoms with Gasteiger partial charge in [-0.2, -0.15) is 9.78 Å². The normalized spacial score (nSPS) is 11.8. The zero-order chi connectivity index (χ0) is 13.9.